The molecule has 0 saturated heterocycles. The molecule has 0 bridgehead atoms. The van der Waals surface area contributed by atoms with Gasteiger partial charge in [-0.1, -0.05) is 0 Å². The van der Waals surface area contributed by atoms with Crippen LogP contribution in [0.15, 0.2) is 12.4 Å². The van der Waals surface area contributed by atoms with Gasteiger partial charge in [0, 0.05) is 14.1 Å². The lowest BCUT2D eigenvalue weighted by Crippen LogP contribution is -2.36. The SMILES string of the molecule is C[C@H](Nc1cnc(C(=O)O)cn1)C(=O)N(C)C. The third-order valence-corrected chi connectivity index (χ3v) is 2.05. The van der Waals surface area contributed by atoms with Gasteiger partial charge in [0.05, 0.1) is 12.4 Å². The molecule has 1 aromatic heterocycles. The summed E-state index contributed by atoms with van der Waals surface area (Å²) in [5, 5.41) is 11.5. The van der Waals surface area contributed by atoms with Crippen molar-refractivity contribution in [2.24, 2.45) is 0 Å². The Morgan fingerprint density at radius 1 is 1.35 bits per heavy atom. The summed E-state index contributed by atoms with van der Waals surface area (Å²) < 4.78 is 0. The van der Waals surface area contributed by atoms with Crippen molar-refractivity contribution in [3.05, 3.63) is 18.1 Å². The second-order valence-corrected chi connectivity index (χ2v) is 3.69. The first kappa shape index (κ1) is 12.9. The minimum atomic E-state index is -1.14. The topological polar surface area (TPSA) is 95.4 Å². The Labute approximate surface area is 98.5 Å². The lowest BCUT2D eigenvalue weighted by Gasteiger charge is -2.18. The molecule has 2 N–H and O–H groups in total. The third-order valence-electron chi connectivity index (χ3n) is 2.05. The summed E-state index contributed by atoms with van der Waals surface area (Å²) in [7, 11) is 3.30. The Hall–Kier alpha value is -2.18. The van der Waals surface area contributed by atoms with Gasteiger partial charge >= 0.3 is 5.97 Å². The molecule has 0 unspecified atom stereocenters. The number of nitrogens with zero attached hydrogens (tertiary/aromatic N) is 3. The molecular weight excluding hydrogens is 224 g/mol. The van der Waals surface area contributed by atoms with Crippen LogP contribution in [0.25, 0.3) is 0 Å². The molecule has 1 heterocycles. The van der Waals surface area contributed by atoms with Crippen molar-refractivity contribution in [3.8, 4) is 0 Å². The Morgan fingerprint density at radius 2 is 2.00 bits per heavy atom. The molecule has 1 rings (SSSR count). The predicted molar refractivity (Wildman–Crippen MR) is 60.8 cm³/mol. The average Bonchev–Trinajstić information content (AvgIpc) is 2.28. The van der Waals surface area contributed by atoms with Crippen LogP contribution in [-0.2, 0) is 4.79 Å². The number of rotatable bonds is 4. The van der Waals surface area contributed by atoms with Crippen molar-refractivity contribution < 1.29 is 14.7 Å². The minimum absolute atomic E-state index is 0.103. The first-order valence-corrected chi connectivity index (χ1v) is 4.95. The van der Waals surface area contributed by atoms with Crippen molar-refractivity contribution in [2.75, 3.05) is 19.4 Å². The number of carbonyl (C=O) groups is 2. The number of aromatic carboxylic acids is 1. The van der Waals surface area contributed by atoms with Crippen LogP contribution in [0.4, 0.5) is 5.82 Å². The Morgan fingerprint density at radius 3 is 2.41 bits per heavy atom. The monoisotopic (exact) mass is 238 g/mol. The van der Waals surface area contributed by atoms with E-state index < -0.39 is 12.0 Å². The molecule has 7 heteroatoms. The molecule has 0 fully saturated rings. The number of amides is 1. The number of hydrogen-bond donors (Lipinski definition) is 2. The second kappa shape index (κ2) is 5.24. The van der Waals surface area contributed by atoms with Crippen LogP contribution in [0.3, 0.4) is 0 Å². The highest BCUT2D eigenvalue weighted by Crippen LogP contribution is 2.04. The van der Waals surface area contributed by atoms with Gasteiger partial charge in [0.2, 0.25) is 5.91 Å². The first-order chi connectivity index (χ1) is 7.91. The van der Waals surface area contributed by atoms with Crippen molar-refractivity contribution in [1.29, 1.82) is 0 Å². The van der Waals surface area contributed by atoms with E-state index in [1.165, 1.54) is 11.1 Å². The fourth-order valence-corrected chi connectivity index (χ4v) is 1.18. The van der Waals surface area contributed by atoms with Gasteiger partial charge < -0.3 is 15.3 Å². The molecule has 0 aliphatic carbocycles. The summed E-state index contributed by atoms with van der Waals surface area (Å²) in [5.41, 5.74) is -0.137. The predicted octanol–water partition coefficient (Wildman–Crippen LogP) is 0.0634. The van der Waals surface area contributed by atoms with Gasteiger partial charge in [0.25, 0.3) is 0 Å². The summed E-state index contributed by atoms with van der Waals surface area (Å²) in [6.07, 6.45) is 2.42. The van der Waals surface area contributed by atoms with E-state index in [1.807, 2.05) is 0 Å². The molecule has 0 radical (unpaired) electrons. The molecule has 0 saturated carbocycles. The summed E-state index contributed by atoms with van der Waals surface area (Å²) in [4.78, 5) is 31.1. The molecule has 1 amide bonds. The number of carboxylic acids is 1. The highest BCUT2D eigenvalue weighted by atomic mass is 16.4. The van der Waals surface area contributed by atoms with Crippen LogP contribution in [0.5, 0.6) is 0 Å². The van der Waals surface area contributed by atoms with Crippen LogP contribution in [0.2, 0.25) is 0 Å². The lowest BCUT2D eigenvalue weighted by atomic mass is 10.3. The summed E-state index contributed by atoms with van der Waals surface area (Å²) in [6.45, 7) is 1.69. The molecule has 1 aromatic rings. The van der Waals surface area contributed by atoms with Crippen molar-refractivity contribution in [1.82, 2.24) is 14.9 Å². The number of aromatic nitrogens is 2. The normalized spacial score (nSPS) is 11.7. The van der Waals surface area contributed by atoms with E-state index in [4.69, 9.17) is 5.11 Å². The molecule has 0 aliphatic rings. The van der Waals surface area contributed by atoms with E-state index in [-0.39, 0.29) is 11.6 Å². The number of anilines is 1. The van der Waals surface area contributed by atoms with E-state index in [2.05, 4.69) is 15.3 Å². The van der Waals surface area contributed by atoms with Gasteiger partial charge in [-0.15, -0.1) is 0 Å². The lowest BCUT2D eigenvalue weighted by molar-refractivity contribution is -0.129. The van der Waals surface area contributed by atoms with Gasteiger partial charge in [-0.05, 0) is 6.92 Å². The van der Waals surface area contributed by atoms with Gasteiger partial charge in [-0.3, -0.25) is 4.79 Å². The second-order valence-electron chi connectivity index (χ2n) is 3.69. The van der Waals surface area contributed by atoms with Gasteiger partial charge in [-0.25, -0.2) is 14.8 Å². The van der Waals surface area contributed by atoms with Crippen molar-refractivity contribution in [3.63, 3.8) is 0 Å². The molecule has 1 atom stereocenters. The highest BCUT2D eigenvalue weighted by molar-refractivity contribution is 5.85. The maximum atomic E-state index is 11.5. The van der Waals surface area contributed by atoms with Crippen molar-refractivity contribution in [2.45, 2.75) is 13.0 Å². The molecule has 7 nitrogen and oxygen atoms in total. The van der Waals surface area contributed by atoms with Gasteiger partial charge in [-0.2, -0.15) is 0 Å². The summed E-state index contributed by atoms with van der Waals surface area (Å²) in [6, 6.07) is -0.449. The standard InChI is InChI=1S/C10H14N4O3/c1-6(9(15)14(2)3)13-8-5-11-7(4-12-8)10(16)17/h4-6H,1-3H3,(H,12,13)(H,16,17)/t6-/m0/s1. The van der Waals surface area contributed by atoms with Crippen LogP contribution in [-0.4, -0.2) is 52.0 Å². The van der Waals surface area contributed by atoms with Crippen LogP contribution < -0.4 is 5.32 Å². The van der Waals surface area contributed by atoms with Crippen LogP contribution in [0.1, 0.15) is 17.4 Å². The summed E-state index contributed by atoms with van der Waals surface area (Å²) >= 11 is 0. The highest BCUT2D eigenvalue weighted by Gasteiger charge is 2.15. The molecule has 0 spiro atoms. The Kier molecular flexibility index (Phi) is 3.97. The van der Waals surface area contributed by atoms with Crippen LogP contribution >= 0.6 is 0 Å². The molecule has 0 aromatic carbocycles. The van der Waals surface area contributed by atoms with Gasteiger partial charge in [0.1, 0.15) is 11.9 Å². The largest absolute Gasteiger partial charge is 0.476 e. The van der Waals surface area contributed by atoms with Crippen LogP contribution in [0, 0.1) is 0 Å². The minimum Gasteiger partial charge on any atom is -0.476 e. The number of likely N-dealkylation sites (N-methyl/N-ethyl adjacent to an activating group) is 1. The maximum Gasteiger partial charge on any atom is 0.356 e. The fourth-order valence-electron chi connectivity index (χ4n) is 1.18. The smallest absolute Gasteiger partial charge is 0.356 e. The quantitative estimate of drug-likeness (QED) is 0.770. The van der Waals surface area contributed by atoms with E-state index in [0.29, 0.717) is 5.82 Å². The third kappa shape index (κ3) is 3.40. The Balaban J connectivity index is 2.69. The molecule has 17 heavy (non-hydrogen) atoms. The summed E-state index contributed by atoms with van der Waals surface area (Å²) in [5.74, 6) is -0.881. The van der Waals surface area contributed by atoms with E-state index >= 15 is 0 Å². The maximum absolute atomic E-state index is 11.5. The van der Waals surface area contributed by atoms with E-state index in [9.17, 15) is 9.59 Å². The van der Waals surface area contributed by atoms with Gasteiger partial charge in [0.15, 0.2) is 5.69 Å². The van der Waals surface area contributed by atoms with Crippen molar-refractivity contribution >= 4 is 17.7 Å². The molecular formula is C10H14N4O3. The Bertz CT molecular complexity index is 416. The zero-order valence-corrected chi connectivity index (χ0v) is 9.84. The molecule has 0 aliphatic heterocycles. The fraction of sp³-hybridized carbons (Fsp3) is 0.400. The number of carboxylic acid groups (broad SMARTS) is 1. The van der Waals surface area contributed by atoms with E-state index in [1.54, 1.807) is 21.0 Å². The first-order valence-electron chi connectivity index (χ1n) is 4.95. The van der Waals surface area contributed by atoms with E-state index in [0.717, 1.165) is 6.20 Å². The zero-order valence-electron chi connectivity index (χ0n) is 9.84. The molecule has 92 valence electrons. The number of carbonyl (C=O) groups excluding carboxylic acids is 1. The zero-order chi connectivity index (χ0) is 13.0. The average molecular weight is 238 g/mol. The number of hydrogen-bond acceptors (Lipinski definition) is 5. The number of nitrogens with one attached hydrogen (secondary N) is 1.